The summed E-state index contributed by atoms with van der Waals surface area (Å²) < 4.78 is 31.7. The van der Waals surface area contributed by atoms with Gasteiger partial charge in [-0.25, -0.2) is 13.2 Å². The van der Waals surface area contributed by atoms with Crippen LogP contribution in [0.1, 0.15) is 32.3 Å². The van der Waals surface area contributed by atoms with E-state index in [1.54, 1.807) is 23.1 Å². The van der Waals surface area contributed by atoms with Crippen LogP contribution in [0.3, 0.4) is 0 Å². The monoisotopic (exact) mass is 379 g/mol. The molecule has 8 nitrogen and oxygen atoms in total. The maximum atomic E-state index is 12.3. The topological polar surface area (TPSA) is 105 Å². The molecule has 1 fully saturated rings. The van der Waals surface area contributed by atoms with Gasteiger partial charge in [-0.15, -0.1) is 0 Å². The number of ether oxygens (including phenoxy) is 1. The third-order valence-corrected chi connectivity index (χ3v) is 5.78. The van der Waals surface area contributed by atoms with E-state index in [0.717, 1.165) is 12.8 Å². The molecule has 0 saturated carbocycles. The van der Waals surface area contributed by atoms with E-state index in [1.165, 1.54) is 19.9 Å². The van der Waals surface area contributed by atoms with Gasteiger partial charge in [-0.05, 0) is 38.8 Å². The fourth-order valence-electron chi connectivity index (χ4n) is 2.99. The number of likely N-dealkylation sites (tertiary alicyclic amines) is 1. The van der Waals surface area contributed by atoms with Crippen LogP contribution in [0.2, 0.25) is 0 Å². The highest BCUT2D eigenvalue weighted by Gasteiger charge is 2.32. The zero-order chi connectivity index (χ0) is 18.9. The summed E-state index contributed by atoms with van der Waals surface area (Å²) in [6.07, 6.45) is 1.02. The molecule has 2 atom stereocenters. The molecule has 0 spiro atoms. The second-order valence-corrected chi connectivity index (χ2v) is 8.02. The Labute approximate surface area is 152 Å². The van der Waals surface area contributed by atoms with Crippen molar-refractivity contribution < 1.29 is 22.7 Å². The van der Waals surface area contributed by atoms with Crippen molar-refractivity contribution in [2.45, 2.75) is 43.7 Å². The molecule has 0 aliphatic carbocycles. The number of benzene rings is 1. The van der Waals surface area contributed by atoms with E-state index in [0.29, 0.717) is 18.7 Å². The molecule has 1 unspecified atom stereocenters. The molecule has 0 bridgehead atoms. The molecule has 1 N–H and O–H groups in total. The average Bonchev–Trinajstić information content (AvgIpc) is 3.22. The minimum Gasteiger partial charge on any atom is -0.451 e. The van der Waals surface area contributed by atoms with Gasteiger partial charge in [0.1, 0.15) is 11.9 Å². The molecule has 0 radical (unpaired) electrons. The summed E-state index contributed by atoms with van der Waals surface area (Å²) in [5, 5.41) is 0. The molecule has 2 aliphatic heterocycles. The third kappa shape index (κ3) is 3.57. The molecule has 1 aromatic rings. The number of hydrogen-bond donors (Lipinski definition) is 1. The maximum absolute atomic E-state index is 12.3. The Hall–Kier alpha value is -2.42. The van der Waals surface area contributed by atoms with Crippen LogP contribution in [-0.2, 0) is 24.3 Å². The number of amidine groups is 1. The lowest BCUT2D eigenvalue weighted by Crippen LogP contribution is -2.39. The molecule has 1 saturated heterocycles. The van der Waals surface area contributed by atoms with Gasteiger partial charge in [-0.2, -0.15) is 0 Å². The Kier molecular flexibility index (Phi) is 4.99. The van der Waals surface area contributed by atoms with E-state index >= 15 is 0 Å². The second kappa shape index (κ2) is 7.06. The standard InChI is InChI=1S/C17H21N3O5S/c1-11(17(22)25-12(2)16(21)20-9-5-6-10-20)18-15-13-7-3-4-8-14(13)26(23,24)19-15/h3-4,7-8,11-12H,5-6,9-10H2,1-2H3,(H,18,19)/t11-,12?/m0/s1. The SMILES string of the molecule is CC(OC(=O)[C@H](C)N=C1NS(=O)(=O)c2ccccc21)C(=O)N1CCCC1. The van der Waals surface area contributed by atoms with Gasteiger partial charge in [-0.3, -0.25) is 14.5 Å². The van der Waals surface area contributed by atoms with Gasteiger partial charge in [0.2, 0.25) is 0 Å². The summed E-state index contributed by atoms with van der Waals surface area (Å²) in [7, 11) is -3.67. The largest absolute Gasteiger partial charge is 0.451 e. The summed E-state index contributed by atoms with van der Waals surface area (Å²) in [6.45, 7) is 4.39. The predicted molar refractivity (Wildman–Crippen MR) is 94.1 cm³/mol. The number of nitrogens with zero attached hydrogens (tertiary/aromatic N) is 2. The first-order chi connectivity index (χ1) is 12.3. The maximum Gasteiger partial charge on any atom is 0.331 e. The fourth-order valence-corrected chi connectivity index (χ4v) is 4.23. The number of nitrogens with one attached hydrogen (secondary N) is 1. The number of esters is 1. The Balaban J connectivity index is 1.70. The van der Waals surface area contributed by atoms with Gasteiger partial charge < -0.3 is 9.64 Å². The van der Waals surface area contributed by atoms with Crippen molar-refractivity contribution in [3.63, 3.8) is 0 Å². The van der Waals surface area contributed by atoms with Gasteiger partial charge in [0.25, 0.3) is 15.9 Å². The van der Waals surface area contributed by atoms with Crippen molar-refractivity contribution in [1.29, 1.82) is 0 Å². The van der Waals surface area contributed by atoms with Crippen LogP contribution in [0.5, 0.6) is 0 Å². The van der Waals surface area contributed by atoms with Crippen molar-refractivity contribution in [3.05, 3.63) is 29.8 Å². The Bertz CT molecular complexity index is 859. The Morgan fingerprint density at radius 1 is 1.19 bits per heavy atom. The normalized spacial score (nSPS) is 21.8. The second-order valence-electron chi connectivity index (χ2n) is 6.37. The summed E-state index contributed by atoms with van der Waals surface area (Å²) in [6, 6.07) is 5.44. The van der Waals surface area contributed by atoms with E-state index in [9.17, 15) is 18.0 Å². The minimum atomic E-state index is -3.67. The highest BCUT2D eigenvalue weighted by Crippen LogP contribution is 2.22. The van der Waals surface area contributed by atoms with E-state index in [1.807, 2.05) is 0 Å². The summed E-state index contributed by atoms with van der Waals surface area (Å²) in [4.78, 5) is 30.4. The number of carbonyl (C=O) groups is 2. The molecule has 26 heavy (non-hydrogen) atoms. The fraction of sp³-hybridized carbons (Fsp3) is 0.471. The summed E-state index contributed by atoms with van der Waals surface area (Å²) in [5.41, 5.74) is 0.411. The zero-order valence-electron chi connectivity index (χ0n) is 14.6. The first kappa shape index (κ1) is 18.4. The average molecular weight is 379 g/mol. The van der Waals surface area contributed by atoms with Gasteiger partial charge in [0, 0.05) is 18.7 Å². The van der Waals surface area contributed by atoms with Crippen LogP contribution >= 0.6 is 0 Å². The summed E-state index contributed by atoms with van der Waals surface area (Å²) in [5.74, 6) is -0.799. The van der Waals surface area contributed by atoms with Crippen molar-refractivity contribution in [1.82, 2.24) is 9.62 Å². The van der Waals surface area contributed by atoms with Gasteiger partial charge >= 0.3 is 5.97 Å². The van der Waals surface area contributed by atoms with Gasteiger partial charge in [0.15, 0.2) is 6.10 Å². The van der Waals surface area contributed by atoms with Crippen molar-refractivity contribution >= 4 is 27.7 Å². The predicted octanol–water partition coefficient (Wildman–Crippen LogP) is 0.668. The first-order valence-electron chi connectivity index (χ1n) is 8.49. The molecule has 140 valence electrons. The van der Waals surface area contributed by atoms with Crippen LogP contribution in [0, 0.1) is 0 Å². The quantitative estimate of drug-likeness (QED) is 0.774. The zero-order valence-corrected chi connectivity index (χ0v) is 15.5. The molecule has 2 heterocycles. The van der Waals surface area contributed by atoms with Crippen LogP contribution in [0.15, 0.2) is 34.2 Å². The van der Waals surface area contributed by atoms with Crippen LogP contribution in [0.4, 0.5) is 0 Å². The first-order valence-corrected chi connectivity index (χ1v) is 9.97. The number of fused-ring (bicyclic) bond motifs is 1. The van der Waals surface area contributed by atoms with Crippen LogP contribution in [-0.4, -0.2) is 56.3 Å². The molecular formula is C17H21N3O5S. The van der Waals surface area contributed by atoms with Gasteiger partial charge in [-0.1, -0.05) is 12.1 Å². The third-order valence-electron chi connectivity index (χ3n) is 4.39. The van der Waals surface area contributed by atoms with E-state index < -0.39 is 28.1 Å². The number of sulfonamides is 1. The minimum absolute atomic E-state index is 0.101. The number of carbonyl (C=O) groups excluding carboxylic acids is 2. The molecule has 0 aromatic heterocycles. The highest BCUT2D eigenvalue weighted by molar-refractivity contribution is 7.90. The van der Waals surface area contributed by atoms with E-state index in [-0.39, 0.29) is 16.6 Å². The lowest BCUT2D eigenvalue weighted by atomic mass is 10.2. The number of hydrogen-bond acceptors (Lipinski definition) is 6. The Morgan fingerprint density at radius 2 is 1.85 bits per heavy atom. The summed E-state index contributed by atoms with van der Waals surface area (Å²) >= 11 is 0. The number of amides is 1. The Morgan fingerprint density at radius 3 is 2.54 bits per heavy atom. The molecule has 2 aliphatic rings. The van der Waals surface area contributed by atoms with Crippen molar-refractivity contribution in [2.75, 3.05) is 13.1 Å². The lowest BCUT2D eigenvalue weighted by molar-refractivity contribution is -0.159. The van der Waals surface area contributed by atoms with Crippen LogP contribution in [0.25, 0.3) is 0 Å². The number of rotatable bonds is 4. The number of aliphatic imine (C=N–C) groups is 1. The van der Waals surface area contributed by atoms with Crippen molar-refractivity contribution in [3.8, 4) is 0 Å². The highest BCUT2D eigenvalue weighted by atomic mass is 32.2. The molecule has 3 rings (SSSR count). The smallest absolute Gasteiger partial charge is 0.331 e. The molecule has 1 amide bonds. The lowest BCUT2D eigenvalue weighted by Gasteiger charge is -2.21. The molecule has 9 heteroatoms. The molecular weight excluding hydrogens is 358 g/mol. The van der Waals surface area contributed by atoms with E-state index in [2.05, 4.69) is 9.71 Å². The molecule has 1 aromatic carbocycles. The van der Waals surface area contributed by atoms with Crippen LogP contribution < -0.4 is 4.72 Å². The van der Waals surface area contributed by atoms with Gasteiger partial charge in [0.05, 0.1) is 4.90 Å². The van der Waals surface area contributed by atoms with Crippen molar-refractivity contribution in [2.24, 2.45) is 4.99 Å². The van der Waals surface area contributed by atoms with E-state index in [4.69, 9.17) is 4.74 Å².